The summed E-state index contributed by atoms with van der Waals surface area (Å²) in [7, 11) is 1.36. The lowest BCUT2D eigenvalue weighted by Crippen LogP contribution is -2.16. The average molecular weight is 356 g/mol. The molecule has 0 aliphatic rings. The first-order valence-corrected chi connectivity index (χ1v) is 8.07. The predicted molar refractivity (Wildman–Crippen MR) is 91.3 cm³/mol. The van der Waals surface area contributed by atoms with Crippen molar-refractivity contribution in [3.8, 4) is 5.88 Å². The Kier molecular flexibility index (Phi) is 5.97. The van der Waals surface area contributed by atoms with E-state index in [0.29, 0.717) is 34.8 Å². The van der Waals surface area contributed by atoms with E-state index in [4.69, 9.17) is 32.7 Å². The molecule has 0 fully saturated rings. The molecule has 6 heteroatoms. The van der Waals surface area contributed by atoms with Crippen LogP contribution in [0.15, 0.2) is 30.3 Å². The van der Waals surface area contributed by atoms with E-state index >= 15 is 0 Å². The molecule has 4 nitrogen and oxygen atoms in total. The number of carbonyl (C=O) groups excluding carboxylic acids is 1. The molecule has 1 heterocycles. The van der Waals surface area contributed by atoms with Gasteiger partial charge in [0.2, 0.25) is 0 Å². The zero-order chi connectivity index (χ0) is 17.0. The first-order chi connectivity index (χ1) is 11.0. The zero-order valence-electron chi connectivity index (χ0n) is 13.3. The minimum absolute atomic E-state index is 0.332. The van der Waals surface area contributed by atoms with E-state index < -0.39 is 5.92 Å². The summed E-state index contributed by atoms with van der Waals surface area (Å²) >= 11 is 12.3. The Morgan fingerprint density at radius 2 is 2.04 bits per heavy atom. The molecule has 0 N–H and O–H groups in total. The van der Waals surface area contributed by atoms with Gasteiger partial charge >= 0.3 is 5.97 Å². The van der Waals surface area contributed by atoms with Gasteiger partial charge in [-0.25, -0.2) is 0 Å². The molecule has 23 heavy (non-hydrogen) atoms. The van der Waals surface area contributed by atoms with Crippen LogP contribution in [-0.2, 0) is 22.7 Å². The summed E-state index contributed by atoms with van der Waals surface area (Å²) in [5.74, 6) is -0.180. The van der Waals surface area contributed by atoms with Crippen molar-refractivity contribution >= 4 is 29.2 Å². The summed E-state index contributed by atoms with van der Waals surface area (Å²) in [6, 6.07) is 9.19. The molecular formula is C17H19Cl2NO3. The van der Waals surface area contributed by atoms with E-state index in [-0.39, 0.29) is 5.97 Å². The van der Waals surface area contributed by atoms with Gasteiger partial charge in [-0.3, -0.25) is 4.79 Å². The lowest BCUT2D eigenvalue weighted by Gasteiger charge is -2.15. The van der Waals surface area contributed by atoms with Gasteiger partial charge < -0.3 is 14.0 Å². The van der Waals surface area contributed by atoms with Gasteiger partial charge in [0.05, 0.1) is 23.7 Å². The molecule has 0 spiro atoms. The number of ether oxygens (including phenoxy) is 2. The molecule has 0 amide bonds. The van der Waals surface area contributed by atoms with Crippen LogP contribution in [0.2, 0.25) is 10.0 Å². The van der Waals surface area contributed by atoms with Crippen molar-refractivity contribution in [2.24, 2.45) is 0 Å². The van der Waals surface area contributed by atoms with Crippen molar-refractivity contribution in [3.63, 3.8) is 0 Å². The standard InChI is InChI=1S/C17H19Cl2NO3/c1-4-20-15(23-10-12-6-5-7-13(18)8-12)9-14(19)16(20)11(2)17(21)22-3/h5-9,11H,4,10H2,1-3H3. The van der Waals surface area contributed by atoms with Crippen LogP contribution in [0.1, 0.15) is 31.0 Å². The lowest BCUT2D eigenvalue weighted by atomic mass is 10.1. The van der Waals surface area contributed by atoms with E-state index in [1.807, 2.05) is 35.8 Å². The number of hydrogen-bond acceptors (Lipinski definition) is 3. The summed E-state index contributed by atoms with van der Waals surface area (Å²) in [6.45, 7) is 4.73. The second kappa shape index (κ2) is 7.75. The summed E-state index contributed by atoms with van der Waals surface area (Å²) in [5.41, 5.74) is 1.65. The predicted octanol–water partition coefficient (Wildman–Crippen LogP) is 4.67. The molecule has 0 saturated heterocycles. The van der Waals surface area contributed by atoms with E-state index in [2.05, 4.69) is 0 Å². The Bertz CT molecular complexity index is 697. The molecule has 0 bridgehead atoms. The summed E-state index contributed by atoms with van der Waals surface area (Å²) in [6.07, 6.45) is 0. The molecule has 2 rings (SSSR count). The van der Waals surface area contributed by atoms with Crippen LogP contribution in [0, 0.1) is 0 Å². The third-order valence-corrected chi connectivity index (χ3v) is 4.15. The number of methoxy groups -OCH3 is 1. The summed E-state index contributed by atoms with van der Waals surface area (Å²) in [5, 5.41) is 1.15. The fourth-order valence-corrected chi connectivity index (χ4v) is 3.04. The maximum atomic E-state index is 11.8. The highest BCUT2D eigenvalue weighted by atomic mass is 35.5. The molecule has 124 valence electrons. The molecule has 0 radical (unpaired) electrons. The molecule has 1 unspecified atom stereocenters. The Morgan fingerprint density at radius 1 is 1.30 bits per heavy atom. The number of carbonyl (C=O) groups is 1. The number of halogens is 2. The normalized spacial score (nSPS) is 12.0. The van der Waals surface area contributed by atoms with Crippen molar-refractivity contribution in [2.45, 2.75) is 32.9 Å². The van der Waals surface area contributed by atoms with Crippen molar-refractivity contribution in [2.75, 3.05) is 7.11 Å². The minimum atomic E-state index is -0.462. The fourth-order valence-electron chi connectivity index (χ4n) is 2.47. The van der Waals surface area contributed by atoms with Crippen LogP contribution in [-0.4, -0.2) is 17.6 Å². The molecule has 0 saturated carbocycles. The maximum absolute atomic E-state index is 11.8. The number of aromatic nitrogens is 1. The number of esters is 1. The third-order valence-electron chi connectivity index (χ3n) is 3.61. The van der Waals surface area contributed by atoms with Crippen LogP contribution in [0.5, 0.6) is 5.88 Å². The van der Waals surface area contributed by atoms with Crippen LogP contribution in [0.3, 0.4) is 0 Å². The van der Waals surface area contributed by atoms with Crippen molar-refractivity contribution in [1.29, 1.82) is 0 Å². The topological polar surface area (TPSA) is 40.5 Å². The van der Waals surface area contributed by atoms with Crippen LogP contribution in [0.25, 0.3) is 0 Å². The van der Waals surface area contributed by atoms with Gasteiger partial charge in [0.15, 0.2) is 5.88 Å². The number of benzene rings is 1. The van der Waals surface area contributed by atoms with Gasteiger partial charge in [0, 0.05) is 17.6 Å². The van der Waals surface area contributed by atoms with Gasteiger partial charge in [0.1, 0.15) is 6.61 Å². The van der Waals surface area contributed by atoms with Gasteiger partial charge in [-0.1, -0.05) is 35.3 Å². The summed E-state index contributed by atoms with van der Waals surface area (Å²) in [4.78, 5) is 11.8. The maximum Gasteiger partial charge on any atom is 0.314 e. The number of nitrogens with zero attached hydrogens (tertiary/aromatic N) is 1. The van der Waals surface area contributed by atoms with E-state index in [0.717, 1.165) is 5.56 Å². The molecule has 0 aliphatic heterocycles. The van der Waals surface area contributed by atoms with E-state index in [1.54, 1.807) is 13.0 Å². The van der Waals surface area contributed by atoms with Gasteiger partial charge in [-0.15, -0.1) is 0 Å². The van der Waals surface area contributed by atoms with E-state index in [9.17, 15) is 4.79 Å². The second-order valence-electron chi connectivity index (χ2n) is 5.12. The molecular weight excluding hydrogens is 337 g/mol. The highest BCUT2D eigenvalue weighted by molar-refractivity contribution is 6.31. The zero-order valence-corrected chi connectivity index (χ0v) is 14.8. The molecule has 0 aliphatic carbocycles. The smallest absolute Gasteiger partial charge is 0.314 e. The molecule has 1 atom stereocenters. The fraction of sp³-hybridized carbons (Fsp3) is 0.353. The first-order valence-electron chi connectivity index (χ1n) is 7.31. The monoisotopic (exact) mass is 355 g/mol. The Balaban J connectivity index is 2.24. The molecule has 1 aromatic carbocycles. The highest BCUT2D eigenvalue weighted by Crippen LogP contribution is 2.33. The lowest BCUT2D eigenvalue weighted by molar-refractivity contribution is -0.142. The van der Waals surface area contributed by atoms with Gasteiger partial charge in [0.25, 0.3) is 0 Å². The molecule has 1 aromatic heterocycles. The Morgan fingerprint density at radius 3 is 2.65 bits per heavy atom. The Hall–Kier alpha value is -1.65. The Labute approximate surface area is 145 Å². The van der Waals surface area contributed by atoms with Gasteiger partial charge in [-0.2, -0.15) is 0 Å². The van der Waals surface area contributed by atoms with Crippen molar-refractivity contribution in [3.05, 3.63) is 51.6 Å². The van der Waals surface area contributed by atoms with Crippen LogP contribution in [0.4, 0.5) is 0 Å². The van der Waals surface area contributed by atoms with Gasteiger partial charge in [-0.05, 0) is 31.5 Å². The van der Waals surface area contributed by atoms with E-state index in [1.165, 1.54) is 7.11 Å². The average Bonchev–Trinajstić information content (AvgIpc) is 2.87. The van der Waals surface area contributed by atoms with Crippen molar-refractivity contribution < 1.29 is 14.3 Å². The quantitative estimate of drug-likeness (QED) is 0.706. The second-order valence-corrected chi connectivity index (χ2v) is 5.97. The van der Waals surface area contributed by atoms with Crippen molar-refractivity contribution in [1.82, 2.24) is 4.57 Å². The number of rotatable bonds is 6. The largest absolute Gasteiger partial charge is 0.474 e. The third kappa shape index (κ3) is 4.01. The number of hydrogen-bond donors (Lipinski definition) is 0. The minimum Gasteiger partial charge on any atom is -0.474 e. The first kappa shape index (κ1) is 17.7. The van der Waals surface area contributed by atoms with Crippen LogP contribution >= 0.6 is 23.2 Å². The molecule has 2 aromatic rings. The van der Waals surface area contributed by atoms with Crippen LogP contribution < -0.4 is 4.74 Å². The SMILES string of the molecule is CCn1c(OCc2cccc(Cl)c2)cc(Cl)c1C(C)C(=O)OC. The highest BCUT2D eigenvalue weighted by Gasteiger charge is 2.25. The summed E-state index contributed by atoms with van der Waals surface area (Å²) < 4.78 is 12.6.